The number of aliphatic hydroxyl groups is 1. The summed E-state index contributed by atoms with van der Waals surface area (Å²) in [6, 6.07) is 5.93. The highest BCUT2D eigenvalue weighted by molar-refractivity contribution is 7.09. The third kappa shape index (κ3) is 5.88. The highest BCUT2D eigenvalue weighted by Crippen LogP contribution is 2.12. The van der Waals surface area contributed by atoms with Crippen molar-refractivity contribution >= 4 is 17.4 Å². The predicted octanol–water partition coefficient (Wildman–Crippen LogP) is 2.36. The molecule has 1 heterocycles. The lowest BCUT2D eigenvalue weighted by Crippen LogP contribution is -2.48. The van der Waals surface area contributed by atoms with Gasteiger partial charge >= 0.3 is 6.09 Å². The van der Waals surface area contributed by atoms with Gasteiger partial charge in [0.25, 0.3) is 0 Å². The highest BCUT2D eigenvalue weighted by Gasteiger charge is 2.22. The van der Waals surface area contributed by atoms with Crippen molar-refractivity contribution in [3.63, 3.8) is 0 Å². The Morgan fingerprint density at radius 3 is 2.54 bits per heavy atom. The molecule has 2 atom stereocenters. The van der Waals surface area contributed by atoms with Gasteiger partial charge in [-0.05, 0) is 35.6 Å². The van der Waals surface area contributed by atoms with Gasteiger partial charge in [-0.2, -0.15) is 0 Å². The molecular weight excluding hydrogens is 338 g/mol. The molecule has 0 aliphatic heterocycles. The first-order valence-corrected chi connectivity index (χ1v) is 8.17. The van der Waals surface area contributed by atoms with E-state index in [0.717, 1.165) is 23.1 Å². The summed E-state index contributed by atoms with van der Waals surface area (Å²) in [7, 11) is 0. The maximum atomic E-state index is 13.3. The summed E-state index contributed by atoms with van der Waals surface area (Å²) in [5, 5.41) is 26.3. The van der Waals surface area contributed by atoms with Crippen molar-refractivity contribution < 1.29 is 23.8 Å². The number of carboxylic acid groups (broad SMARTS) is 1. The Hall–Kier alpha value is -2.03. The van der Waals surface area contributed by atoms with Crippen LogP contribution in [0, 0.1) is 11.6 Å². The summed E-state index contributed by atoms with van der Waals surface area (Å²) in [5.74, 6) is -1.49. The number of halogens is 2. The number of thiophene rings is 1. The highest BCUT2D eigenvalue weighted by atomic mass is 32.1. The molecule has 0 fully saturated rings. The average molecular weight is 356 g/mol. The van der Waals surface area contributed by atoms with E-state index in [1.807, 2.05) is 17.5 Å². The fraction of sp³-hybridized carbons (Fsp3) is 0.312. The molecule has 2 rings (SSSR count). The SMILES string of the molecule is O=C(O)N[C@@H](Cc1cc(F)cc(F)c1)[C@@H](O)CNCc1cccs1. The van der Waals surface area contributed by atoms with Crippen LogP contribution < -0.4 is 10.6 Å². The number of nitrogens with one attached hydrogen (secondary N) is 2. The number of rotatable bonds is 8. The predicted molar refractivity (Wildman–Crippen MR) is 87.0 cm³/mol. The second-order valence-electron chi connectivity index (χ2n) is 5.32. The van der Waals surface area contributed by atoms with E-state index in [2.05, 4.69) is 10.6 Å². The summed E-state index contributed by atoms with van der Waals surface area (Å²) in [5.41, 5.74) is 0.267. The monoisotopic (exact) mass is 356 g/mol. The first kappa shape index (κ1) is 18.3. The molecule has 2 aromatic rings. The van der Waals surface area contributed by atoms with Crippen LogP contribution in [0.2, 0.25) is 0 Å². The molecule has 0 saturated carbocycles. The van der Waals surface area contributed by atoms with Gasteiger partial charge in [0, 0.05) is 24.0 Å². The van der Waals surface area contributed by atoms with Gasteiger partial charge in [-0.1, -0.05) is 6.07 Å². The fourth-order valence-corrected chi connectivity index (χ4v) is 3.00. The summed E-state index contributed by atoms with van der Waals surface area (Å²) >= 11 is 1.56. The smallest absolute Gasteiger partial charge is 0.404 e. The Labute approximate surface area is 141 Å². The van der Waals surface area contributed by atoms with Crippen LogP contribution in [0.1, 0.15) is 10.4 Å². The maximum absolute atomic E-state index is 13.3. The van der Waals surface area contributed by atoms with Gasteiger partial charge in [-0.3, -0.25) is 0 Å². The molecule has 24 heavy (non-hydrogen) atoms. The summed E-state index contributed by atoms with van der Waals surface area (Å²) < 4.78 is 26.5. The topological polar surface area (TPSA) is 81.6 Å². The van der Waals surface area contributed by atoms with E-state index in [-0.39, 0.29) is 18.5 Å². The molecule has 0 aliphatic rings. The van der Waals surface area contributed by atoms with Crippen molar-refractivity contribution in [3.05, 3.63) is 57.8 Å². The number of amides is 1. The molecule has 1 amide bonds. The van der Waals surface area contributed by atoms with E-state index in [9.17, 15) is 18.7 Å². The summed E-state index contributed by atoms with van der Waals surface area (Å²) in [6.07, 6.45) is -2.38. The van der Waals surface area contributed by atoms with Crippen LogP contribution >= 0.6 is 11.3 Å². The molecule has 130 valence electrons. The Morgan fingerprint density at radius 1 is 1.25 bits per heavy atom. The maximum Gasteiger partial charge on any atom is 0.404 e. The van der Waals surface area contributed by atoms with Crippen molar-refractivity contribution in [2.45, 2.75) is 25.1 Å². The molecule has 5 nitrogen and oxygen atoms in total. The average Bonchev–Trinajstić information content (AvgIpc) is 2.98. The third-order valence-electron chi connectivity index (χ3n) is 3.38. The molecule has 4 N–H and O–H groups in total. The zero-order chi connectivity index (χ0) is 17.5. The van der Waals surface area contributed by atoms with E-state index in [4.69, 9.17) is 5.11 Å². The minimum absolute atomic E-state index is 0.0250. The van der Waals surface area contributed by atoms with E-state index in [0.29, 0.717) is 6.54 Å². The zero-order valence-electron chi connectivity index (χ0n) is 12.7. The Bertz CT molecular complexity index is 647. The normalized spacial score (nSPS) is 13.5. The van der Waals surface area contributed by atoms with Crippen molar-refractivity contribution in [2.75, 3.05) is 6.54 Å². The molecule has 0 saturated heterocycles. The number of aliphatic hydroxyl groups excluding tert-OH is 1. The molecule has 0 unspecified atom stereocenters. The van der Waals surface area contributed by atoms with Crippen LogP contribution in [0.5, 0.6) is 0 Å². The standard InChI is InChI=1S/C16H18F2N2O3S/c17-11-4-10(5-12(18)7-11)6-14(20-16(22)23)15(21)9-19-8-13-2-1-3-24-13/h1-5,7,14-15,19-21H,6,8-9H2,(H,22,23)/t14-,15-/m0/s1. The van der Waals surface area contributed by atoms with Crippen LogP contribution in [0.15, 0.2) is 35.7 Å². The summed E-state index contributed by atoms with van der Waals surface area (Å²) in [4.78, 5) is 12.0. The van der Waals surface area contributed by atoms with E-state index in [1.54, 1.807) is 11.3 Å². The van der Waals surface area contributed by atoms with Gasteiger partial charge in [0.2, 0.25) is 0 Å². The molecule has 1 aromatic heterocycles. The molecule has 0 radical (unpaired) electrons. The lowest BCUT2D eigenvalue weighted by Gasteiger charge is -2.23. The summed E-state index contributed by atoms with van der Waals surface area (Å²) in [6.45, 7) is 0.684. The van der Waals surface area contributed by atoms with Crippen LogP contribution in [0.25, 0.3) is 0 Å². The number of hydrogen-bond acceptors (Lipinski definition) is 4. The van der Waals surface area contributed by atoms with Gasteiger partial charge in [0.15, 0.2) is 0 Å². The Kier molecular flexibility index (Phi) is 6.65. The van der Waals surface area contributed by atoms with Crippen LogP contribution in [0.3, 0.4) is 0 Å². The van der Waals surface area contributed by atoms with Crippen LogP contribution in [0.4, 0.5) is 13.6 Å². The number of carbonyl (C=O) groups is 1. The quantitative estimate of drug-likeness (QED) is 0.585. The minimum Gasteiger partial charge on any atom is -0.465 e. The van der Waals surface area contributed by atoms with Gasteiger partial charge < -0.3 is 20.8 Å². The zero-order valence-corrected chi connectivity index (χ0v) is 13.5. The van der Waals surface area contributed by atoms with Crippen molar-refractivity contribution in [3.8, 4) is 0 Å². The molecule has 0 bridgehead atoms. The first-order valence-electron chi connectivity index (χ1n) is 7.29. The first-order chi connectivity index (χ1) is 11.4. The number of benzene rings is 1. The van der Waals surface area contributed by atoms with Gasteiger partial charge in [-0.25, -0.2) is 13.6 Å². The molecule has 1 aromatic carbocycles. The molecule has 8 heteroatoms. The van der Waals surface area contributed by atoms with Crippen molar-refractivity contribution in [2.24, 2.45) is 0 Å². The lowest BCUT2D eigenvalue weighted by molar-refractivity contribution is 0.117. The second kappa shape index (κ2) is 8.72. The van der Waals surface area contributed by atoms with E-state index < -0.39 is 29.9 Å². The van der Waals surface area contributed by atoms with Crippen molar-refractivity contribution in [1.82, 2.24) is 10.6 Å². The Balaban J connectivity index is 1.96. The fourth-order valence-electron chi connectivity index (χ4n) is 2.32. The van der Waals surface area contributed by atoms with Gasteiger partial charge in [0.05, 0.1) is 12.1 Å². The van der Waals surface area contributed by atoms with Gasteiger partial charge in [0.1, 0.15) is 11.6 Å². The third-order valence-corrected chi connectivity index (χ3v) is 4.26. The van der Waals surface area contributed by atoms with Crippen molar-refractivity contribution in [1.29, 1.82) is 0 Å². The lowest BCUT2D eigenvalue weighted by atomic mass is 10.0. The molecule has 0 aliphatic carbocycles. The van der Waals surface area contributed by atoms with Crippen LogP contribution in [-0.4, -0.2) is 35.0 Å². The minimum atomic E-state index is -1.31. The van der Waals surface area contributed by atoms with E-state index >= 15 is 0 Å². The number of hydrogen-bond donors (Lipinski definition) is 4. The Morgan fingerprint density at radius 2 is 1.96 bits per heavy atom. The van der Waals surface area contributed by atoms with Gasteiger partial charge in [-0.15, -0.1) is 11.3 Å². The second-order valence-corrected chi connectivity index (χ2v) is 6.35. The van der Waals surface area contributed by atoms with E-state index in [1.165, 1.54) is 0 Å². The molecule has 0 spiro atoms. The molecular formula is C16H18F2N2O3S. The van der Waals surface area contributed by atoms with Crippen LogP contribution in [-0.2, 0) is 13.0 Å². The largest absolute Gasteiger partial charge is 0.465 e.